The summed E-state index contributed by atoms with van der Waals surface area (Å²) in [6.07, 6.45) is 2.02. The lowest BCUT2D eigenvalue weighted by Crippen LogP contribution is -2.21. The first-order valence-electron chi connectivity index (χ1n) is 5.92. The van der Waals surface area contributed by atoms with Gasteiger partial charge < -0.3 is 9.63 Å². The number of benzene rings is 1. The smallest absolute Gasteiger partial charge is 0.335 e. The maximum absolute atomic E-state index is 11.1. The van der Waals surface area contributed by atoms with E-state index in [1.165, 1.54) is 6.33 Å². The molecule has 0 fully saturated rings. The summed E-state index contributed by atoms with van der Waals surface area (Å²) in [5.41, 5.74) is 1.18. The summed E-state index contributed by atoms with van der Waals surface area (Å²) in [5.74, 6) is -0.343. The largest absolute Gasteiger partial charge is 0.478 e. The second-order valence-electron chi connectivity index (χ2n) is 4.29. The fraction of sp³-hybridized carbons (Fsp3) is 0.308. The van der Waals surface area contributed by atoms with Gasteiger partial charge in [0.1, 0.15) is 0 Å². The van der Waals surface area contributed by atoms with Crippen molar-refractivity contribution >= 4 is 5.97 Å². The van der Waals surface area contributed by atoms with Crippen molar-refractivity contribution in [2.75, 3.05) is 13.6 Å². The van der Waals surface area contributed by atoms with Gasteiger partial charge in [-0.25, -0.2) is 4.79 Å². The van der Waals surface area contributed by atoms with E-state index >= 15 is 0 Å². The average molecular weight is 261 g/mol. The van der Waals surface area contributed by atoms with Crippen LogP contribution in [0.2, 0.25) is 0 Å². The normalized spacial score (nSPS) is 10.8. The zero-order chi connectivity index (χ0) is 13.7. The van der Waals surface area contributed by atoms with Crippen LogP contribution < -0.4 is 0 Å². The minimum Gasteiger partial charge on any atom is -0.478 e. The molecule has 0 aliphatic carbocycles. The number of hydrogen-bond donors (Lipinski definition) is 1. The minimum absolute atomic E-state index is 0.355. The molecular weight excluding hydrogens is 246 g/mol. The fourth-order valence-corrected chi connectivity index (χ4v) is 1.83. The highest BCUT2D eigenvalue weighted by Gasteiger charge is 2.10. The molecule has 2 aromatic rings. The van der Waals surface area contributed by atoms with Crippen LogP contribution in [0, 0.1) is 0 Å². The number of nitrogens with zero attached hydrogens (tertiary/aromatic N) is 3. The third-order valence-corrected chi connectivity index (χ3v) is 2.82. The lowest BCUT2D eigenvalue weighted by Gasteiger charge is -2.14. The lowest BCUT2D eigenvalue weighted by molar-refractivity contribution is 0.0695. The van der Waals surface area contributed by atoms with E-state index in [2.05, 4.69) is 10.1 Å². The molecule has 1 aromatic heterocycles. The molecule has 1 heterocycles. The third kappa shape index (κ3) is 3.62. The summed E-state index contributed by atoms with van der Waals surface area (Å²) in [6.45, 7) is 1.27. The van der Waals surface area contributed by atoms with E-state index in [4.69, 9.17) is 9.63 Å². The van der Waals surface area contributed by atoms with Gasteiger partial charge in [-0.2, -0.15) is 4.98 Å². The van der Waals surface area contributed by atoms with Crippen molar-refractivity contribution < 1.29 is 14.4 Å². The molecule has 0 unspecified atom stereocenters. The molecule has 2 rings (SSSR count). The minimum atomic E-state index is -0.893. The van der Waals surface area contributed by atoms with E-state index in [1.54, 1.807) is 12.1 Å². The highest BCUT2D eigenvalue weighted by Crippen LogP contribution is 2.10. The molecule has 19 heavy (non-hydrogen) atoms. The van der Waals surface area contributed by atoms with Crippen molar-refractivity contribution in [2.45, 2.75) is 13.0 Å². The molecule has 0 amide bonds. The number of carbonyl (C=O) groups is 1. The Kier molecular flexibility index (Phi) is 4.25. The summed E-state index contributed by atoms with van der Waals surface area (Å²) >= 11 is 0. The van der Waals surface area contributed by atoms with Gasteiger partial charge >= 0.3 is 5.97 Å². The van der Waals surface area contributed by atoms with Crippen LogP contribution in [0.4, 0.5) is 0 Å². The fourth-order valence-electron chi connectivity index (χ4n) is 1.83. The highest BCUT2D eigenvalue weighted by molar-refractivity contribution is 5.89. The molecule has 0 saturated heterocycles. The van der Waals surface area contributed by atoms with Gasteiger partial charge in [-0.15, -0.1) is 0 Å². The van der Waals surface area contributed by atoms with Crippen LogP contribution in [0.25, 0.3) is 0 Å². The van der Waals surface area contributed by atoms with E-state index in [9.17, 15) is 4.79 Å². The average Bonchev–Trinajstić information content (AvgIpc) is 2.89. The number of carboxylic acid groups (broad SMARTS) is 1. The number of aromatic carboxylic acids is 1. The Balaban J connectivity index is 1.93. The second kappa shape index (κ2) is 6.10. The highest BCUT2D eigenvalue weighted by atomic mass is 16.5. The van der Waals surface area contributed by atoms with Crippen LogP contribution in [-0.4, -0.2) is 39.7 Å². The first-order valence-corrected chi connectivity index (χ1v) is 5.92. The Hall–Kier alpha value is -2.21. The topological polar surface area (TPSA) is 79.5 Å². The standard InChI is InChI=1S/C13H15N3O3/c1-16(8-12-14-9-15-19-12)7-6-10-4-2-3-5-11(10)13(17)18/h2-5,9H,6-8H2,1H3,(H,17,18). The number of likely N-dealkylation sites (N-methyl/N-ethyl adjacent to an activating group) is 1. The second-order valence-corrected chi connectivity index (χ2v) is 4.29. The molecule has 100 valence electrons. The van der Waals surface area contributed by atoms with Crippen LogP contribution in [0.3, 0.4) is 0 Å². The van der Waals surface area contributed by atoms with Crippen molar-refractivity contribution in [2.24, 2.45) is 0 Å². The van der Waals surface area contributed by atoms with Crippen molar-refractivity contribution in [1.82, 2.24) is 15.0 Å². The number of hydrogen-bond acceptors (Lipinski definition) is 5. The molecule has 0 spiro atoms. The molecule has 6 nitrogen and oxygen atoms in total. The summed E-state index contributed by atoms with van der Waals surface area (Å²) in [7, 11) is 1.92. The van der Waals surface area contributed by atoms with Crippen molar-refractivity contribution in [3.05, 3.63) is 47.6 Å². The van der Waals surface area contributed by atoms with Crippen LogP contribution >= 0.6 is 0 Å². The molecule has 0 atom stereocenters. The maximum Gasteiger partial charge on any atom is 0.335 e. The quantitative estimate of drug-likeness (QED) is 0.847. The number of carboxylic acids is 1. The van der Waals surface area contributed by atoms with Gasteiger partial charge in [-0.3, -0.25) is 4.90 Å². The Bertz CT molecular complexity index is 540. The molecule has 0 radical (unpaired) electrons. The third-order valence-electron chi connectivity index (χ3n) is 2.82. The summed E-state index contributed by atoms with van der Waals surface area (Å²) in [5, 5.41) is 12.6. The maximum atomic E-state index is 11.1. The first kappa shape index (κ1) is 13.2. The van der Waals surface area contributed by atoms with Crippen LogP contribution in [-0.2, 0) is 13.0 Å². The molecule has 0 aliphatic heterocycles. The number of rotatable bonds is 6. The summed E-state index contributed by atoms with van der Waals surface area (Å²) < 4.78 is 4.92. The molecule has 1 N–H and O–H groups in total. The monoisotopic (exact) mass is 261 g/mol. The molecule has 0 saturated carbocycles. The first-order chi connectivity index (χ1) is 9.16. The SMILES string of the molecule is CN(CCc1ccccc1C(=O)O)Cc1ncno1. The van der Waals surface area contributed by atoms with E-state index < -0.39 is 5.97 Å². The van der Waals surface area contributed by atoms with E-state index in [-0.39, 0.29) is 0 Å². The molecule has 0 bridgehead atoms. The summed E-state index contributed by atoms with van der Waals surface area (Å²) in [6, 6.07) is 7.04. The van der Waals surface area contributed by atoms with Crippen molar-refractivity contribution in [3.8, 4) is 0 Å². The molecule has 1 aromatic carbocycles. The van der Waals surface area contributed by atoms with Gasteiger partial charge in [-0.1, -0.05) is 23.4 Å². The number of aromatic nitrogens is 2. The van der Waals surface area contributed by atoms with E-state index in [1.807, 2.05) is 24.1 Å². The van der Waals surface area contributed by atoms with Crippen LogP contribution in [0.15, 0.2) is 35.1 Å². The van der Waals surface area contributed by atoms with Crippen LogP contribution in [0.1, 0.15) is 21.8 Å². The van der Waals surface area contributed by atoms with Gasteiger partial charge in [0, 0.05) is 6.54 Å². The van der Waals surface area contributed by atoms with Crippen molar-refractivity contribution in [1.29, 1.82) is 0 Å². The molecule has 6 heteroatoms. The predicted molar refractivity (Wildman–Crippen MR) is 67.7 cm³/mol. The summed E-state index contributed by atoms with van der Waals surface area (Å²) in [4.78, 5) is 17.0. The zero-order valence-corrected chi connectivity index (χ0v) is 10.6. The zero-order valence-electron chi connectivity index (χ0n) is 10.6. The Morgan fingerprint density at radius 2 is 2.21 bits per heavy atom. The van der Waals surface area contributed by atoms with Gasteiger partial charge in [0.2, 0.25) is 5.89 Å². The predicted octanol–water partition coefficient (Wildman–Crippen LogP) is 1.44. The molecule has 0 aliphatic rings. The van der Waals surface area contributed by atoms with Gasteiger partial charge in [0.15, 0.2) is 6.33 Å². The van der Waals surface area contributed by atoms with Gasteiger partial charge in [-0.05, 0) is 25.1 Å². The Morgan fingerprint density at radius 1 is 1.42 bits per heavy atom. The van der Waals surface area contributed by atoms with Crippen LogP contribution in [0.5, 0.6) is 0 Å². The van der Waals surface area contributed by atoms with Gasteiger partial charge in [0.25, 0.3) is 0 Å². The van der Waals surface area contributed by atoms with E-state index in [0.717, 1.165) is 5.56 Å². The van der Waals surface area contributed by atoms with E-state index in [0.29, 0.717) is 31.0 Å². The lowest BCUT2D eigenvalue weighted by atomic mass is 10.0. The Morgan fingerprint density at radius 3 is 2.89 bits per heavy atom. The molecular formula is C13H15N3O3. The Labute approximate surface area is 110 Å². The van der Waals surface area contributed by atoms with Crippen molar-refractivity contribution in [3.63, 3.8) is 0 Å². The van der Waals surface area contributed by atoms with Gasteiger partial charge in [0.05, 0.1) is 12.1 Å².